The van der Waals surface area contributed by atoms with E-state index in [0.29, 0.717) is 25.6 Å². The van der Waals surface area contributed by atoms with Crippen LogP contribution in [0.25, 0.3) is 0 Å². The molecule has 0 saturated carbocycles. The molecule has 1 heterocycles. The Labute approximate surface area is 117 Å². The van der Waals surface area contributed by atoms with Crippen LogP contribution in [0.15, 0.2) is 6.07 Å². The molecule has 1 N–H and O–H groups in total. The summed E-state index contributed by atoms with van der Waals surface area (Å²) in [7, 11) is 0. The molecule has 0 saturated heterocycles. The van der Waals surface area contributed by atoms with Crippen molar-refractivity contribution in [3.8, 4) is 0 Å². The Morgan fingerprint density at radius 1 is 1.62 bits per heavy atom. The van der Waals surface area contributed by atoms with Crippen LogP contribution in [0.5, 0.6) is 0 Å². The predicted octanol–water partition coefficient (Wildman–Crippen LogP) is 4.35. The lowest BCUT2D eigenvalue weighted by atomic mass is 10.2. The molecule has 1 unspecified atom stereocenters. The molecule has 1 amide bonds. The van der Waals surface area contributed by atoms with Crippen LogP contribution in [0.3, 0.4) is 0 Å². The van der Waals surface area contributed by atoms with Crippen LogP contribution in [0, 0.1) is 0 Å². The first-order valence-electron chi connectivity index (χ1n) is 4.91. The van der Waals surface area contributed by atoms with E-state index in [1.807, 2.05) is 0 Å². The third-order valence-corrected chi connectivity index (χ3v) is 4.68. The highest BCUT2D eigenvalue weighted by Crippen LogP contribution is 2.30. The second-order valence-electron chi connectivity index (χ2n) is 3.29. The van der Waals surface area contributed by atoms with Gasteiger partial charge in [-0.2, -0.15) is 0 Å². The molecule has 0 aliphatic heterocycles. The fourth-order valence-corrected chi connectivity index (χ4v) is 2.82. The van der Waals surface area contributed by atoms with Gasteiger partial charge in [0, 0.05) is 11.4 Å². The Morgan fingerprint density at radius 2 is 2.31 bits per heavy atom. The van der Waals surface area contributed by atoms with E-state index in [-0.39, 0.29) is 5.91 Å². The van der Waals surface area contributed by atoms with Crippen molar-refractivity contribution in [2.75, 3.05) is 6.54 Å². The van der Waals surface area contributed by atoms with E-state index >= 15 is 0 Å². The molecule has 1 aromatic rings. The summed E-state index contributed by atoms with van der Waals surface area (Å²) in [5, 5.41) is 2.81. The Bertz CT molecular complexity index is 370. The summed E-state index contributed by atoms with van der Waals surface area (Å²) in [5.41, 5.74) is 0.458. The molecule has 0 aliphatic carbocycles. The van der Waals surface area contributed by atoms with Crippen LogP contribution in [0.4, 0.5) is 0 Å². The molecular formula is C10H12BrCl2NOS. The average molecular weight is 345 g/mol. The van der Waals surface area contributed by atoms with Gasteiger partial charge in [-0.1, -0.05) is 46.1 Å². The molecule has 0 fully saturated rings. The zero-order valence-corrected chi connectivity index (χ0v) is 12.6. The predicted molar refractivity (Wildman–Crippen MR) is 74.3 cm³/mol. The number of carbonyl (C=O) groups excluding carboxylic acids is 1. The van der Waals surface area contributed by atoms with E-state index in [1.165, 1.54) is 11.3 Å². The fraction of sp³-hybridized carbons (Fsp3) is 0.500. The fourth-order valence-electron chi connectivity index (χ4n) is 1.14. The normalized spacial score (nSPS) is 12.5. The number of rotatable bonds is 5. The Hall–Kier alpha value is 0.230. The number of hydrogen-bond donors (Lipinski definition) is 1. The van der Waals surface area contributed by atoms with Crippen LogP contribution in [0.2, 0.25) is 8.67 Å². The van der Waals surface area contributed by atoms with Gasteiger partial charge < -0.3 is 5.32 Å². The second-order valence-corrected chi connectivity index (χ2v) is 6.87. The van der Waals surface area contributed by atoms with E-state index in [2.05, 4.69) is 28.2 Å². The summed E-state index contributed by atoms with van der Waals surface area (Å²) in [6.45, 7) is 2.73. The van der Waals surface area contributed by atoms with E-state index < -0.39 is 0 Å². The summed E-state index contributed by atoms with van der Waals surface area (Å²) in [4.78, 5) is 12.1. The van der Waals surface area contributed by atoms with Crippen molar-refractivity contribution in [2.24, 2.45) is 0 Å². The highest BCUT2D eigenvalue weighted by molar-refractivity contribution is 9.09. The first-order chi connectivity index (χ1) is 7.54. The minimum absolute atomic E-state index is 0.163. The molecular weight excluding hydrogens is 333 g/mol. The first kappa shape index (κ1) is 14.3. The Balaban J connectivity index is 2.44. The van der Waals surface area contributed by atoms with Crippen LogP contribution in [0.1, 0.15) is 30.1 Å². The molecule has 1 rings (SSSR count). The lowest BCUT2D eigenvalue weighted by Crippen LogP contribution is -2.25. The van der Waals surface area contributed by atoms with Crippen molar-refractivity contribution in [3.63, 3.8) is 0 Å². The minimum Gasteiger partial charge on any atom is -0.352 e. The van der Waals surface area contributed by atoms with Gasteiger partial charge in [0.15, 0.2) is 0 Å². The maximum absolute atomic E-state index is 11.7. The number of carbonyl (C=O) groups is 1. The van der Waals surface area contributed by atoms with Crippen molar-refractivity contribution >= 4 is 56.4 Å². The van der Waals surface area contributed by atoms with Gasteiger partial charge in [-0.15, -0.1) is 11.3 Å². The summed E-state index contributed by atoms with van der Waals surface area (Å²) in [5.74, 6) is -0.163. The molecule has 0 spiro atoms. The number of thiophene rings is 1. The lowest BCUT2D eigenvalue weighted by molar-refractivity contribution is 0.0954. The molecule has 90 valence electrons. The van der Waals surface area contributed by atoms with Gasteiger partial charge in [0.25, 0.3) is 5.91 Å². The molecule has 1 atom stereocenters. The smallest absolute Gasteiger partial charge is 0.253 e. The SMILES string of the molecule is CCC(Br)CCNC(=O)c1cc(Cl)sc1Cl. The maximum Gasteiger partial charge on any atom is 0.253 e. The number of hydrogen-bond acceptors (Lipinski definition) is 2. The summed E-state index contributed by atoms with van der Waals surface area (Å²) in [6, 6.07) is 1.59. The quantitative estimate of drug-likeness (QED) is 0.790. The van der Waals surface area contributed by atoms with E-state index in [1.54, 1.807) is 6.07 Å². The molecule has 6 heteroatoms. The van der Waals surface area contributed by atoms with E-state index in [4.69, 9.17) is 23.2 Å². The van der Waals surface area contributed by atoms with Gasteiger partial charge in [0.1, 0.15) is 4.34 Å². The minimum atomic E-state index is -0.163. The third kappa shape index (κ3) is 4.24. The van der Waals surface area contributed by atoms with Crippen LogP contribution < -0.4 is 5.32 Å². The second kappa shape index (κ2) is 6.84. The van der Waals surface area contributed by atoms with Gasteiger partial charge in [-0.05, 0) is 18.9 Å². The molecule has 0 radical (unpaired) electrons. The van der Waals surface area contributed by atoms with Crippen LogP contribution in [-0.4, -0.2) is 17.3 Å². The largest absolute Gasteiger partial charge is 0.352 e. The van der Waals surface area contributed by atoms with Crippen molar-refractivity contribution in [3.05, 3.63) is 20.3 Å². The lowest BCUT2D eigenvalue weighted by Gasteiger charge is -2.07. The highest BCUT2D eigenvalue weighted by atomic mass is 79.9. The molecule has 1 aromatic heterocycles. The summed E-state index contributed by atoms with van der Waals surface area (Å²) >= 11 is 16.3. The molecule has 0 bridgehead atoms. The van der Waals surface area contributed by atoms with Gasteiger partial charge in [0.05, 0.1) is 9.90 Å². The van der Waals surface area contributed by atoms with Crippen molar-refractivity contribution in [1.82, 2.24) is 5.32 Å². The monoisotopic (exact) mass is 343 g/mol. The van der Waals surface area contributed by atoms with E-state index in [9.17, 15) is 4.79 Å². The highest BCUT2D eigenvalue weighted by Gasteiger charge is 2.13. The number of nitrogens with one attached hydrogen (secondary N) is 1. The average Bonchev–Trinajstić information content (AvgIpc) is 2.57. The molecule has 2 nitrogen and oxygen atoms in total. The maximum atomic E-state index is 11.7. The zero-order chi connectivity index (χ0) is 12.1. The first-order valence-corrected chi connectivity index (χ1v) is 7.40. The summed E-state index contributed by atoms with van der Waals surface area (Å²) in [6.07, 6.45) is 1.94. The van der Waals surface area contributed by atoms with E-state index in [0.717, 1.165) is 12.8 Å². The molecule has 16 heavy (non-hydrogen) atoms. The molecule has 0 aliphatic rings. The van der Waals surface area contributed by atoms with Gasteiger partial charge in [0.2, 0.25) is 0 Å². The number of alkyl halides is 1. The standard InChI is InChI=1S/C10H12BrCl2NOS/c1-2-6(11)3-4-14-10(15)7-5-8(12)16-9(7)13/h5-6H,2-4H2,1H3,(H,14,15). The van der Waals surface area contributed by atoms with Gasteiger partial charge in [-0.25, -0.2) is 0 Å². The molecule has 0 aromatic carbocycles. The van der Waals surface area contributed by atoms with Crippen LogP contribution in [-0.2, 0) is 0 Å². The van der Waals surface area contributed by atoms with Crippen molar-refractivity contribution in [2.45, 2.75) is 24.6 Å². The zero-order valence-electron chi connectivity index (χ0n) is 8.73. The third-order valence-electron chi connectivity index (χ3n) is 2.09. The van der Waals surface area contributed by atoms with Crippen LogP contribution >= 0.6 is 50.5 Å². The van der Waals surface area contributed by atoms with Gasteiger partial charge in [-0.3, -0.25) is 4.79 Å². The number of amides is 1. The number of halogens is 3. The van der Waals surface area contributed by atoms with Crippen molar-refractivity contribution in [1.29, 1.82) is 0 Å². The van der Waals surface area contributed by atoms with Gasteiger partial charge >= 0.3 is 0 Å². The Kier molecular flexibility index (Phi) is 6.11. The Morgan fingerprint density at radius 3 is 2.81 bits per heavy atom. The summed E-state index contributed by atoms with van der Waals surface area (Å²) < 4.78 is 0.968. The topological polar surface area (TPSA) is 29.1 Å². The van der Waals surface area contributed by atoms with Crippen molar-refractivity contribution < 1.29 is 4.79 Å².